The maximum absolute atomic E-state index is 12.4. The summed E-state index contributed by atoms with van der Waals surface area (Å²) < 4.78 is 4.72. The monoisotopic (exact) mass is 425 g/mol. The molecule has 31 heavy (non-hydrogen) atoms. The molecule has 160 valence electrons. The highest BCUT2D eigenvalue weighted by molar-refractivity contribution is 6.21. The zero-order valence-electron chi connectivity index (χ0n) is 16.6. The molecule has 0 saturated heterocycles. The van der Waals surface area contributed by atoms with E-state index in [2.05, 4.69) is 5.32 Å². The van der Waals surface area contributed by atoms with Crippen LogP contribution in [0.3, 0.4) is 0 Å². The minimum absolute atomic E-state index is 0.0766. The third-order valence-electron chi connectivity index (χ3n) is 4.88. The molecule has 2 aromatic rings. The maximum Gasteiger partial charge on any atom is 0.328 e. The SMILES string of the molecule is COC(=O)[C@H](CCCN1C(=O)c2ccccc2C1=O)NC(=O)c1ccc([N+](=O)[O-])cc1. The summed E-state index contributed by atoms with van der Waals surface area (Å²) in [4.78, 5) is 60.6. The number of nitro benzene ring substituents is 1. The van der Waals surface area contributed by atoms with Gasteiger partial charge in [-0.2, -0.15) is 0 Å². The van der Waals surface area contributed by atoms with Crippen molar-refractivity contribution in [3.8, 4) is 0 Å². The number of nitro groups is 1. The Morgan fingerprint density at radius 2 is 1.65 bits per heavy atom. The second-order valence-corrected chi connectivity index (χ2v) is 6.80. The second-order valence-electron chi connectivity index (χ2n) is 6.80. The molecule has 10 nitrogen and oxygen atoms in total. The predicted octanol–water partition coefficient (Wildman–Crippen LogP) is 1.94. The van der Waals surface area contributed by atoms with Gasteiger partial charge >= 0.3 is 5.97 Å². The Kier molecular flexibility index (Phi) is 6.39. The van der Waals surface area contributed by atoms with E-state index in [9.17, 15) is 29.3 Å². The molecule has 1 N–H and O–H groups in total. The lowest BCUT2D eigenvalue weighted by molar-refractivity contribution is -0.384. The first-order valence-corrected chi connectivity index (χ1v) is 9.42. The minimum Gasteiger partial charge on any atom is -0.467 e. The van der Waals surface area contributed by atoms with Crippen molar-refractivity contribution in [2.45, 2.75) is 18.9 Å². The topological polar surface area (TPSA) is 136 Å². The molecule has 3 amide bonds. The highest BCUT2D eigenvalue weighted by Gasteiger charge is 2.35. The van der Waals surface area contributed by atoms with E-state index in [1.807, 2.05) is 0 Å². The number of ether oxygens (including phenoxy) is 1. The van der Waals surface area contributed by atoms with Crippen molar-refractivity contribution in [3.05, 3.63) is 75.3 Å². The van der Waals surface area contributed by atoms with Crippen molar-refractivity contribution in [3.63, 3.8) is 0 Å². The van der Waals surface area contributed by atoms with Crippen molar-refractivity contribution >= 4 is 29.4 Å². The van der Waals surface area contributed by atoms with Crippen molar-refractivity contribution in [2.75, 3.05) is 13.7 Å². The van der Waals surface area contributed by atoms with Gasteiger partial charge in [0.15, 0.2) is 0 Å². The average Bonchev–Trinajstić information content (AvgIpc) is 3.02. The summed E-state index contributed by atoms with van der Waals surface area (Å²) in [5, 5.41) is 13.3. The molecule has 0 saturated carbocycles. The van der Waals surface area contributed by atoms with Gasteiger partial charge in [0, 0.05) is 24.2 Å². The van der Waals surface area contributed by atoms with Crippen LogP contribution in [0.2, 0.25) is 0 Å². The lowest BCUT2D eigenvalue weighted by atomic mass is 10.1. The van der Waals surface area contributed by atoms with Crippen LogP contribution in [0.25, 0.3) is 0 Å². The molecule has 0 fully saturated rings. The molecule has 0 aliphatic carbocycles. The lowest BCUT2D eigenvalue weighted by Gasteiger charge is -2.18. The molecular weight excluding hydrogens is 406 g/mol. The smallest absolute Gasteiger partial charge is 0.328 e. The molecule has 0 spiro atoms. The molecule has 1 aliphatic heterocycles. The highest BCUT2D eigenvalue weighted by Crippen LogP contribution is 2.23. The van der Waals surface area contributed by atoms with Crippen LogP contribution in [0.15, 0.2) is 48.5 Å². The molecular formula is C21H19N3O7. The van der Waals surface area contributed by atoms with Gasteiger partial charge in [0.05, 0.1) is 23.2 Å². The normalized spacial score (nSPS) is 13.5. The first-order chi connectivity index (χ1) is 14.8. The van der Waals surface area contributed by atoms with Gasteiger partial charge in [0.2, 0.25) is 0 Å². The van der Waals surface area contributed by atoms with Crippen molar-refractivity contribution in [1.29, 1.82) is 0 Å². The van der Waals surface area contributed by atoms with Gasteiger partial charge in [0.25, 0.3) is 23.4 Å². The fourth-order valence-corrected chi connectivity index (χ4v) is 3.26. The Labute approximate surface area is 176 Å². The van der Waals surface area contributed by atoms with Gasteiger partial charge < -0.3 is 10.1 Å². The molecule has 0 bridgehead atoms. The summed E-state index contributed by atoms with van der Waals surface area (Å²) in [5.41, 5.74) is 0.647. The van der Waals surface area contributed by atoms with Gasteiger partial charge in [-0.15, -0.1) is 0 Å². The van der Waals surface area contributed by atoms with Crippen LogP contribution >= 0.6 is 0 Å². The number of imide groups is 1. The van der Waals surface area contributed by atoms with Crippen LogP contribution < -0.4 is 5.32 Å². The number of nitrogens with one attached hydrogen (secondary N) is 1. The Bertz CT molecular complexity index is 1010. The van der Waals surface area contributed by atoms with Crippen LogP contribution in [0, 0.1) is 10.1 Å². The molecule has 10 heteroatoms. The number of benzene rings is 2. The average molecular weight is 425 g/mol. The maximum atomic E-state index is 12.4. The third kappa shape index (κ3) is 4.58. The van der Waals surface area contributed by atoms with Crippen LogP contribution in [0.5, 0.6) is 0 Å². The number of methoxy groups -OCH3 is 1. The molecule has 1 aliphatic rings. The largest absolute Gasteiger partial charge is 0.467 e. The summed E-state index contributed by atoms with van der Waals surface area (Å²) in [5.74, 6) is -2.08. The van der Waals surface area contributed by atoms with E-state index in [-0.39, 0.29) is 30.6 Å². The highest BCUT2D eigenvalue weighted by atomic mass is 16.6. The first-order valence-electron chi connectivity index (χ1n) is 9.42. The van der Waals surface area contributed by atoms with Gasteiger partial charge in [0.1, 0.15) is 6.04 Å². The zero-order chi connectivity index (χ0) is 22.5. The number of hydrogen-bond donors (Lipinski definition) is 1. The lowest BCUT2D eigenvalue weighted by Crippen LogP contribution is -2.42. The summed E-state index contributed by atoms with van der Waals surface area (Å²) in [6, 6.07) is 10.4. The summed E-state index contributed by atoms with van der Waals surface area (Å²) in [7, 11) is 1.18. The number of rotatable bonds is 8. The molecule has 0 unspecified atom stereocenters. The minimum atomic E-state index is -1.01. The van der Waals surface area contributed by atoms with E-state index in [4.69, 9.17) is 4.74 Å². The number of carbonyl (C=O) groups excluding carboxylic acids is 4. The summed E-state index contributed by atoms with van der Waals surface area (Å²) in [6.07, 6.45) is 0.380. The number of nitrogens with zero attached hydrogens (tertiary/aromatic N) is 2. The molecule has 2 aromatic carbocycles. The number of fused-ring (bicyclic) bond motifs is 1. The number of hydrogen-bond acceptors (Lipinski definition) is 7. The zero-order valence-corrected chi connectivity index (χ0v) is 16.6. The summed E-state index contributed by atoms with van der Waals surface area (Å²) in [6.45, 7) is 0.0766. The third-order valence-corrected chi connectivity index (χ3v) is 4.88. The van der Waals surface area contributed by atoms with E-state index in [0.717, 1.165) is 4.90 Å². The van der Waals surface area contributed by atoms with Crippen LogP contribution in [-0.4, -0.2) is 53.2 Å². The standard InChI is InChI=1S/C21H19N3O7/c1-31-21(28)17(22-18(25)13-8-10-14(11-9-13)24(29)30)7-4-12-23-19(26)15-5-2-3-6-16(15)20(23)27/h2-3,5-6,8-11,17H,4,7,12H2,1H3,(H,22,25)/t17-/m0/s1. The summed E-state index contributed by atoms with van der Waals surface area (Å²) >= 11 is 0. The van der Waals surface area contributed by atoms with Crippen molar-refractivity contribution in [2.24, 2.45) is 0 Å². The number of carbonyl (C=O) groups is 4. The van der Waals surface area contributed by atoms with E-state index in [1.165, 1.54) is 31.4 Å². The number of amides is 3. The fourth-order valence-electron chi connectivity index (χ4n) is 3.26. The molecule has 1 heterocycles. The van der Waals surface area contributed by atoms with E-state index in [0.29, 0.717) is 11.1 Å². The Balaban J connectivity index is 1.61. The van der Waals surface area contributed by atoms with Gasteiger partial charge in [-0.05, 0) is 37.1 Å². The number of non-ortho nitro benzene ring substituents is 1. The van der Waals surface area contributed by atoms with Crippen molar-refractivity contribution < 1.29 is 28.8 Å². The Morgan fingerprint density at radius 1 is 1.06 bits per heavy atom. The molecule has 0 radical (unpaired) electrons. The molecule has 0 aromatic heterocycles. The first kappa shape index (κ1) is 21.6. The fraction of sp³-hybridized carbons (Fsp3) is 0.238. The van der Waals surface area contributed by atoms with Gasteiger partial charge in [-0.1, -0.05) is 12.1 Å². The van der Waals surface area contributed by atoms with Gasteiger partial charge in [-0.25, -0.2) is 4.79 Å². The Hall–Kier alpha value is -4.08. The van der Waals surface area contributed by atoms with Crippen LogP contribution in [0.1, 0.15) is 43.9 Å². The van der Waals surface area contributed by atoms with Crippen LogP contribution in [0.4, 0.5) is 5.69 Å². The second kappa shape index (κ2) is 9.16. The Morgan fingerprint density at radius 3 is 2.16 bits per heavy atom. The number of esters is 1. The predicted molar refractivity (Wildman–Crippen MR) is 107 cm³/mol. The van der Waals surface area contributed by atoms with Gasteiger partial charge in [-0.3, -0.25) is 29.4 Å². The molecule has 1 atom stereocenters. The molecule has 3 rings (SSSR count). The van der Waals surface area contributed by atoms with Crippen LogP contribution in [-0.2, 0) is 9.53 Å². The van der Waals surface area contributed by atoms with E-state index >= 15 is 0 Å². The van der Waals surface area contributed by atoms with Crippen molar-refractivity contribution in [1.82, 2.24) is 10.2 Å². The van der Waals surface area contributed by atoms with E-state index < -0.39 is 34.7 Å². The van der Waals surface area contributed by atoms with E-state index in [1.54, 1.807) is 24.3 Å². The quantitative estimate of drug-likeness (QED) is 0.295.